The van der Waals surface area contributed by atoms with Crippen LogP contribution in [-0.2, 0) is 13.7 Å². The molecule has 3 nitrogen and oxygen atoms in total. The third kappa shape index (κ3) is 2.06. The van der Waals surface area contributed by atoms with E-state index in [4.69, 9.17) is 21.3 Å². The Balaban J connectivity index is 1.69. The van der Waals surface area contributed by atoms with Crippen LogP contribution in [0.25, 0.3) is 44.0 Å². The summed E-state index contributed by atoms with van der Waals surface area (Å²) in [6.45, 7) is 0.521. The van der Waals surface area contributed by atoms with Gasteiger partial charge < -0.3 is 9.30 Å². The van der Waals surface area contributed by atoms with Crippen molar-refractivity contribution in [3.8, 4) is 17.0 Å². The van der Waals surface area contributed by atoms with Crippen LogP contribution in [0.5, 0.6) is 5.75 Å². The molecule has 0 atom stereocenters. The quantitative estimate of drug-likeness (QED) is 0.329. The van der Waals surface area contributed by atoms with Crippen LogP contribution in [-0.4, -0.2) is 9.55 Å². The second-order valence-corrected chi connectivity index (χ2v) is 7.50. The van der Waals surface area contributed by atoms with Gasteiger partial charge in [-0.15, -0.1) is 0 Å². The Morgan fingerprint density at radius 3 is 2.78 bits per heavy atom. The van der Waals surface area contributed by atoms with Crippen molar-refractivity contribution in [1.29, 1.82) is 0 Å². The second-order valence-electron chi connectivity index (χ2n) is 7.06. The molecule has 0 N–H and O–H groups in total. The van der Waals surface area contributed by atoms with Crippen molar-refractivity contribution >= 4 is 44.3 Å². The van der Waals surface area contributed by atoms with Crippen molar-refractivity contribution in [3.63, 3.8) is 0 Å². The number of nitrogens with zero attached hydrogens (tertiary/aromatic N) is 2. The van der Waals surface area contributed by atoms with E-state index in [1.165, 1.54) is 21.8 Å². The van der Waals surface area contributed by atoms with Gasteiger partial charge in [0.15, 0.2) is 0 Å². The lowest BCUT2D eigenvalue weighted by Gasteiger charge is -2.21. The van der Waals surface area contributed by atoms with Crippen LogP contribution in [0.15, 0.2) is 60.7 Å². The van der Waals surface area contributed by atoms with E-state index in [1.807, 2.05) is 18.2 Å². The smallest absolute Gasteiger partial charge is 0.131 e. The van der Waals surface area contributed by atoms with Gasteiger partial charge in [-0.1, -0.05) is 29.8 Å². The van der Waals surface area contributed by atoms with Gasteiger partial charge in [0.1, 0.15) is 12.4 Å². The number of rotatable bonds is 0. The number of pyridine rings is 1. The zero-order valence-electron chi connectivity index (χ0n) is 14.7. The van der Waals surface area contributed by atoms with Gasteiger partial charge in [-0.2, -0.15) is 0 Å². The van der Waals surface area contributed by atoms with Crippen LogP contribution in [0, 0.1) is 0 Å². The molecule has 0 bridgehead atoms. The first kappa shape index (κ1) is 15.1. The Morgan fingerprint density at radius 2 is 1.85 bits per heavy atom. The first-order chi connectivity index (χ1) is 13.2. The number of para-hydroxylation sites is 1. The second kappa shape index (κ2) is 5.24. The van der Waals surface area contributed by atoms with E-state index in [-0.39, 0.29) is 0 Å². The predicted octanol–water partition coefficient (Wildman–Crippen LogP) is 6.09. The number of benzene rings is 3. The molecule has 27 heavy (non-hydrogen) atoms. The highest BCUT2D eigenvalue weighted by Crippen LogP contribution is 2.42. The molecule has 4 heteroatoms. The highest BCUT2D eigenvalue weighted by Gasteiger charge is 2.22. The molecule has 0 saturated heterocycles. The van der Waals surface area contributed by atoms with E-state index in [0.717, 1.165) is 38.5 Å². The Kier molecular flexibility index (Phi) is 2.92. The van der Waals surface area contributed by atoms with Crippen LogP contribution >= 0.6 is 11.6 Å². The summed E-state index contributed by atoms with van der Waals surface area (Å²) in [5.74, 6) is 0.890. The third-order valence-corrected chi connectivity index (χ3v) is 5.74. The van der Waals surface area contributed by atoms with E-state index < -0.39 is 0 Å². The summed E-state index contributed by atoms with van der Waals surface area (Å²) < 4.78 is 8.32. The molecular formula is C23H15ClN2O. The normalized spacial score (nSPS) is 13.0. The summed E-state index contributed by atoms with van der Waals surface area (Å²) in [5, 5.41) is 4.23. The molecule has 6 rings (SSSR count). The molecule has 0 amide bonds. The van der Waals surface area contributed by atoms with Crippen LogP contribution < -0.4 is 4.74 Å². The van der Waals surface area contributed by atoms with Gasteiger partial charge in [0, 0.05) is 50.9 Å². The van der Waals surface area contributed by atoms with Gasteiger partial charge in [-0.25, -0.2) is 4.98 Å². The summed E-state index contributed by atoms with van der Waals surface area (Å²) >= 11 is 6.14. The zero-order chi connectivity index (χ0) is 18.1. The van der Waals surface area contributed by atoms with Crippen LogP contribution in [0.2, 0.25) is 5.02 Å². The molecular weight excluding hydrogens is 356 g/mol. The molecule has 0 spiro atoms. The maximum Gasteiger partial charge on any atom is 0.131 e. The molecule has 1 aliphatic heterocycles. The largest absolute Gasteiger partial charge is 0.488 e. The van der Waals surface area contributed by atoms with Crippen LogP contribution in [0.1, 0.15) is 5.56 Å². The third-order valence-electron chi connectivity index (χ3n) is 5.51. The van der Waals surface area contributed by atoms with Gasteiger partial charge in [0.05, 0.1) is 16.7 Å². The minimum Gasteiger partial charge on any atom is -0.488 e. The lowest BCUT2D eigenvalue weighted by atomic mass is 9.98. The van der Waals surface area contributed by atoms with Crippen molar-refractivity contribution in [2.75, 3.05) is 0 Å². The molecule has 0 saturated carbocycles. The summed E-state index contributed by atoms with van der Waals surface area (Å²) in [4.78, 5) is 4.95. The van der Waals surface area contributed by atoms with E-state index >= 15 is 0 Å². The average Bonchev–Trinajstić information content (AvgIpc) is 2.97. The Morgan fingerprint density at radius 1 is 0.963 bits per heavy atom. The van der Waals surface area contributed by atoms with Crippen LogP contribution in [0.3, 0.4) is 0 Å². The maximum atomic E-state index is 6.14. The summed E-state index contributed by atoms with van der Waals surface area (Å²) in [5.41, 5.74) is 6.49. The molecule has 2 aromatic heterocycles. The maximum absolute atomic E-state index is 6.14. The molecule has 0 unspecified atom stereocenters. The SMILES string of the molecule is Cn1c2ccccc2c2cc3c(cc21)OCc1cc2cc(Cl)ccc2nc1-3. The summed E-state index contributed by atoms with van der Waals surface area (Å²) in [7, 11) is 2.10. The van der Waals surface area contributed by atoms with Gasteiger partial charge >= 0.3 is 0 Å². The first-order valence-corrected chi connectivity index (χ1v) is 9.30. The number of ether oxygens (including phenoxy) is 1. The molecule has 130 valence electrons. The number of halogens is 1. The van der Waals surface area contributed by atoms with Gasteiger partial charge in [0.25, 0.3) is 0 Å². The molecule has 0 fully saturated rings. The van der Waals surface area contributed by atoms with Crippen molar-refractivity contribution in [2.24, 2.45) is 7.05 Å². The topological polar surface area (TPSA) is 27.1 Å². The molecule has 3 aromatic carbocycles. The van der Waals surface area contributed by atoms with Crippen molar-refractivity contribution < 1.29 is 4.74 Å². The number of fused-ring (bicyclic) bond motifs is 7. The summed E-state index contributed by atoms with van der Waals surface area (Å²) in [6, 6.07) is 20.8. The van der Waals surface area contributed by atoms with Gasteiger partial charge in [-0.3, -0.25) is 0 Å². The number of aryl methyl sites for hydroxylation is 1. The monoisotopic (exact) mass is 370 g/mol. The van der Waals surface area contributed by atoms with Crippen LogP contribution in [0.4, 0.5) is 0 Å². The first-order valence-electron chi connectivity index (χ1n) is 8.92. The highest BCUT2D eigenvalue weighted by atomic mass is 35.5. The van der Waals surface area contributed by atoms with Crippen molar-refractivity contribution in [2.45, 2.75) is 6.61 Å². The average molecular weight is 371 g/mol. The van der Waals surface area contributed by atoms with E-state index in [0.29, 0.717) is 6.61 Å². The van der Waals surface area contributed by atoms with E-state index in [1.54, 1.807) is 0 Å². The standard InChI is InChI=1S/C23H15ClN2O/c1-26-20-5-3-2-4-16(20)17-10-18-22(11-21(17)26)27-12-14-8-13-9-15(24)6-7-19(13)25-23(14)18/h2-11H,12H2,1H3. The summed E-state index contributed by atoms with van der Waals surface area (Å²) in [6.07, 6.45) is 0. The van der Waals surface area contributed by atoms with E-state index in [9.17, 15) is 0 Å². The fraction of sp³-hybridized carbons (Fsp3) is 0.0870. The van der Waals surface area contributed by atoms with Gasteiger partial charge in [-0.05, 0) is 36.4 Å². The van der Waals surface area contributed by atoms with E-state index in [2.05, 4.69) is 54.1 Å². The molecule has 5 aromatic rings. The lowest BCUT2D eigenvalue weighted by molar-refractivity contribution is 0.302. The lowest BCUT2D eigenvalue weighted by Crippen LogP contribution is -2.07. The number of hydrogen-bond acceptors (Lipinski definition) is 2. The highest BCUT2D eigenvalue weighted by molar-refractivity contribution is 6.31. The van der Waals surface area contributed by atoms with Crippen molar-refractivity contribution in [1.82, 2.24) is 9.55 Å². The molecule has 0 aliphatic carbocycles. The fourth-order valence-electron chi connectivity index (χ4n) is 4.18. The fourth-order valence-corrected chi connectivity index (χ4v) is 4.36. The zero-order valence-corrected chi connectivity index (χ0v) is 15.4. The minimum absolute atomic E-state index is 0.521. The Labute approximate surface area is 160 Å². The van der Waals surface area contributed by atoms with Crippen molar-refractivity contribution in [3.05, 3.63) is 71.2 Å². The minimum atomic E-state index is 0.521. The Bertz CT molecular complexity index is 1400. The number of hydrogen-bond donors (Lipinski definition) is 0. The number of aromatic nitrogens is 2. The molecule has 1 aliphatic rings. The molecule has 3 heterocycles. The Hall–Kier alpha value is -3.04. The predicted molar refractivity (Wildman–Crippen MR) is 111 cm³/mol. The van der Waals surface area contributed by atoms with Gasteiger partial charge in [0.2, 0.25) is 0 Å². The molecule has 0 radical (unpaired) electrons.